The third kappa shape index (κ3) is 36.6. The van der Waals surface area contributed by atoms with E-state index in [1.54, 1.807) is 0 Å². The molecule has 380 valence electrons. The lowest BCUT2D eigenvalue weighted by Gasteiger charge is -2.39. The predicted octanol–water partition coefficient (Wildman–Crippen LogP) is 13.0. The van der Waals surface area contributed by atoms with Crippen LogP contribution in [0.1, 0.15) is 245 Å². The van der Waals surface area contributed by atoms with Gasteiger partial charge in [0.25, 0.3) is 0 Å². The van der Waals surface area contributed by atoms with Gasteiger partial charge in [-0.3, -0.25) is 9.59 Å². The Morgan fingerprint density at radius 1 is 0.492 bits per heavy atom. The molecule has 0 bridgehead atoms. The molecule has 0 aromatic rings. The molecule has 0 spiro atoms. The first-order valence-electron chi connectivity index (χ1n) is 27.1. The van der Waals surface area contributed by atoms with Gasteiger partial charge in [0.2, 0.25) is 0 Å². The van der Waals surface area contributed by atoms with Gasteiger partial charge in [0, 0.05) is 12.8 Å². The highest BCUT2D eigenvalue weighted by Crippen LogP contribution is 2.23. The molecule has 1 fully saturated rings. The molecule has 4 N–H and O–H groups in total. The summed E-state index contributed by atoms with van der Waals surface area (Å²) in [6.07, 6.45) is 47.3. The Hall–Kier alpha value is -2.08. The van der Waals surface area contributed by atoms with E-state index in [0.29, 0.717) is 6.42 Å². The van der Waals surface area contributed by atoms with Gasteiger partial charge in [0.15, 0.2) is 12.4 Å². The molecular weight excluding hydrogens is 821 g/mol. The summed E-state index contributed by atoms with van der Waals surface area (Å²) in [5.41, 5.74) is 0. The number of aliphatic hydroxyl groups is 4. The van der Waals surface area contributed by atoms with Gasteiger partial charge in [-0.2, -0.15) is 0 Å². The first-order valence-corrected chi connectivity index (χ1v) is 27.1. The quantitative estimate of drug-likeness (QED) is 0.0264. The Bertz CT molecular complexity index is 1160. The van der Waals surface area contributed by atoms with Crippen LogP contribution in [-0.2, 0) is 28.5 Å². The minimum absolute atomic E-state index is 0.218. The second-order valence-corrected chi connectivity index (χ2v) is 18.7. The fourth-order valence-electron chi connectivity index (χ4n) is 8.32. The van der Waals surface area contributed by atoms with Crippen LogP contribution in [0.3, 0.4) is 0 Å². The summed E-state index contributed by atoms with van der Waals surface area (Å²) in [7, 11) is 0. The van der Waals surface area contributed by atoms with Gasteiger partial charge in [0.05, 0.1) is 13.2 Å². The lowest BCUT2D eigenvalue weighted by molar-refractivity contribution is -0.305. The number of allylic oxidation sites excluding steroid dienone is 6. The molecule has 1 aliphatic heterocycles. The number of aliphatic hydroxyl groups excluding tert-OH is 4. The fraction of sp³-hybridized carbons (Fsp3) is 0.855. The minimum atomic E-state index is -1.60. The number of carbonyl (C=O) groups is 2. The average molecular weight is 921 g/mol. The molecule has 10 heteroatoms. The summed E-state index contributed by atoms with van der Waals surface area (Å²) in [6.45, 7) is 3.34. The number of ether oxygens (including phenoxy) is 4. The van der Waals surface area contributed by atoms with Crippen molar-refractivity contribution in [2.24, 2.45) is 0 Å². The lowest BCUT2D eigenvalue weighted by Crippen LogP contribution is -2.59. The van der Waals surface area contributed by atoms with E-state index in [4.69, 9.17) is 18.9 Å². The van der Waals surface area contributed by atoms with E-state index in [1.807, 2.05) is 0 Å². The monoisotopic (exact) mass is 921 g/mol. The van der Waals surface area contributed by atoms with Crippen LogP contribution in [0.2, 0.25) is 0 Å². The van der Waals surface area contributed by atoms with E-state index in [9.17, 15) is 30.0 Å². The summed E-state index contributed by atoms with van der Waals surface area (Å²) in [4.78, 5) is 25.5. The van der Waals surface area contributed by atoms with Crippen molar-refractivity contribution in [1.82, 2.24) is 0 Å². The van der Waals surface area contributed by atoms with Crippen molar-refractivity contribution in [3.05, 3.63) is 36.5 Å². The summed E-state index contributed by atoms with van der Waals surface area (Å²) >= 11 is 0. The maximum Gasteiger partial charge on any atom is 0.306 e. The molecular formula is C55H100O10. The second-order valence-electron chi connectivity index (χ2n) is 18.7. The van der Waals surface area contributed by atoms with E-state index < -0.39 is 49.4 Å². The van der Waals surface area contributed by atoms with Crippen LogP contribution in [0.4, 0.5) is 0 Å². The average Bonchev–Trinajstić information content (AvgIpc) is 3.30. The molecule has 0 radical (unpaired) electrons. The van der Waals surface area contributed by atoms with Crippen molar-refractivity contribution in [3.63, 3.8) is 0 Å². The summed E-state index contributed by atoms with van der Waals surface area (Å²) < 4.78 is 22.3. The molecule has 6 atom stereocenters. The SMILES string of the molecule is CC/C=C\C/C=C\C/C=C\CCCCCCCCCC(=O)OC(COC(=O)CCCCCCCCCCCCCCCCCCCCCCCCC)COC1OC(CO)C(O)C(O)C1O. The standard InChI is InChI=1S/C55H100O10/c1-3-5-7-9-11-13-15-17-19-21-22-23-24-25-26-28-29-31-33-35-37-39-41-43-50(57)62-46-48(47-63-55-54(61)53(60)52(59)49(45-56)65-55)64-51(58)44-42-40-38-36-34-32-30-27-20-18-16-14-12-10-8-6-4-2/h6,8,12,14,18,20,48-49,52-56,59-61H,3-5,7,9-11,13,15-17,19,21-47H2,1-2H3/b8-6-,14-12-,20-18-. The summed E-state index contributed by atoms with van der Waals surface area (Å²) in [5, 5.41) is 40.2. The van der Waals surface area contributed by atoms with Gasteiger partial charge in [-0.05, 0) is 44.9 Å². The van der Waals surface area contributed by atoms with E-state index in [0.717, 1.165) is 64.2 Å². The molecule has 65 heavy (non-hydrogen) atoms. The topological polar surface area (TPSA) is 152 Å². The maximum absolute atomic E-state index is 12.8. The van der Waals surface area contributed by atoms with Crippen molar-refractivity contribution in [2.45, 2.75) is 282 Å². The van der Waals surface area contributed by atoms with Crippen LogP contribution < -0.4 is 0 Å². The molecule has 6 unspecified atom stereocenters. The zero-order chi connectivity index (χ0) is 47.3. The highest BCUT2D eigenvalue weighted by molar-refractivity contribution is 5.70. The number of hydrogen-bond donors (Lipinski definition) is 4. The Morgan fingerprint density at radius 2 is 0.908 bits per heavy atom. The van der Waals surface area contributed by atoms with Crippen molar-refractivity contribution in [3.8, 4) is 0 Å². The molecule has 1 rings (SSSR count). The van der Waals surface area contributed by atoms with Gasteiger partial charge < -0.3 is 39.4 Å². The highest BCUT2D eigenvalue weighted by atomic mass is 16.7. The second kappa shape index (κ2) is 45.7. The van der Waals surface area contributed by atoms with E-state index in [2.05, 4.69) is 50.3 Å². The molecule has 0 aliphatic carbocycles. The zero-order valence-electron chi connectivity index (χ0n) is 41.7. The number of rotatable bonds is 46. The van der Waals surface area contributed by atoms with E-state index in [-0.39, 0.29) is 32.0 Å². The first-order chi connectivity index (χ1) is 31.8. The molecule has 1 heterocycles. The van der Waals surface area contributed by atoms with Crippen LogP contribution in [0.25, 0.3) is 0 Å². The summed E-state index contributed by atoms with van der Waals surface area (Å²) in [6, 6.07) is 0. The number of carbonyl (C=O) groups excluding carboxylic acids is 2. The Morgan fingerprint density at radius 3 is 1.37 bits per heavy atom. The van der Waals surface area contributed by atoms with Gasteiger partial charge in [0.1, 0.15) is 31.0 Å². The van der Waals surface area contributed by atoms with Crippen LogP contribution in [0, 0.1) is 0 Å². The van der Waals surface area contributed by atoms with Crippen LogP contribution in [0.5, 0.6) is 0 Å². The van der Waals surface area contributed by atoms with Crippen LogP contribution >= 0.6 is 0 Å². The molecule has 1 saturated heterocycles. The highest BCUT2D eigenvalue weighted by Gasteiger charge is 2.44. The molecule has 0 aromatic heterocycles. The third-order valence-corrected chi connectivity index (χ3v) is 12.5. The maximum atomic E-state index is 12.8. The van der Waals surface area contributed by atoms with E-state index >= 15 is 0 Å². The molecule has 1 aliphatic rings. The van der Waals surface area contributed by atoms with E-state index in [1.165, 1.54) is 148 Å². The molecule has 0 amide bonds. The first kappa shape index (κ1) is 60.9. The summed E-state index contributed by atoms with van der Waals surface area (Å²) in [5.74, 6) is -0.807. The van der Waals surface area contributed by atoms with Crippen molar-refractivity contribution in [1.29, 1.82) is 0 Å². The number of esters is 2. The van der Waals surface area contributed by atoms with Crippen LogP contribution in [0.15, 0.2) is 36.5 Å². The van der Waals surface area contributed by atoms with Gasteiger partial charge >= 0.3 is 11.9 Å². The lowest BCUT2D eigenvalue weighted by atomic mass is 9.99. The normalized spacial score (nSPS) is 19.5. The molecule has 0 aromatic carbocycles. The van der Waals surface area contributed by atoms with Crippen LogP contribution in [-0.4, -0.2) is 89.0 Å². The third-order valence-electron chi connectivity index (χ3n) is 12.5. The molecule has 0 saturated carbocycles. The zero-order valence-corrected chi connectivity index (χ0v) is 41.7. The van der Waals surface area contributed by atoms with Crippen molar-refractivity contribution >= 4 is 11.9 Å². The van der Waals surface area contributed by atoms with Crippen molar-refractivity contribution in [2.75, 3.05) is 19.8 Å². The van der Waals surface area contributed by atoms with Gasteiger partial charge in [-0.1, -0.05) is 224 Å². The minimum Gasteiger partial charge on any atom is -0.462 e. The smallest absolute Gasteiger partial charge is 0.306 e. The van der Waals surface area contributed by atoms with Crippen molar-refractivity contribution < 1.29 is 49.0 Å². The predicted molar refractivity (Wildman–Crippen MR) is 266 cm³/mol. The number of hydrogen-bond acceptors (Lipinski definition) is 10. The molecule has 10 nitrogen and oxygen atoms in total. The largest absolute Gasteiger partial charge is 0.462 e. The Kier molecular flexibility index (Phi) is 42.8. The Balaban J connectivity index is 2.21. The van der Waals surface area contributed by atoms with Gasteiger partial charge in [-0.25, -0.2) is 0 Å². The fourth-order valence-corrected chi connectivity index (χ4v) is 8.32. The Labute approximate surface area is 397 Å². The number of unbranched alkanes of at least 4 members (excludes halogenated alkanes) is 29. The van der Waals surface area contributed by atoms with Gasteiger partial charge in [-0.15, -0.1) is 0 Å².